The van der Waals surface area contributed by atoms with Crippen molar-refractivity contribution in [2.45, 2.75) is 33.3 Å². The maximum atomic E-state index is 12.0. The van der Waals surface area contributed by atoms with Gasteiger partial charge >= 0.3 is 5.97 Å². The molecule has 0 aromatic heterocycles. The first kappa shape index (κ1) is 17.5. The van der Waals surface area contributed by atoms with Gasteiger partial charge in [-0.15, -0.1) is 0 Å². The molecule has 6 heteroatoms. The van der Waals surface area contributed by atoms with Gasteiger partial charge in [0.15, 0.2) is 0 Å². The van der Waals surface area contributed by atoms with Gasteiger partial charge in [-0.05, 0) is 63.6 Å². The van der Waals surface area contributed by atoms with Gasteiger partial charge in [-0.3, -0.25) is 10.1 Å². The highest BCUT2D eigenvalue weighted by Crippen LogP contribution is 2.28. The van der Waals surface area contributed by atoms with Gasteiger partial charge in [-0.2, -0.15) is 0 Å². The number of benzene rings is 2. The number of nitro benzene ring substituents is 1. The lowest BCUT2D eigenvalue weighted by molar-refractivity contribution is -0.384. The molecule has 0 spiro atoms. The van der Waals surface area contributed by atoms with Crippen LogP contribution in [0.2, 0.25) is 0 Å². The van der Waals surface area contributed by atoms with Crippen molar-refractivity contribution < 1.29 is 19.2 Å². The molecule has 0 bridgehead atoms. The van der Waals surface area contributed by atoms with Crippen LogP contribution in [-0.4, -0.2) is 16.5 Å². The number of aryl methyl sites for hydroxylation is 1. The molecule has 0 heterocycles. The summed E-state index contributed by atoms with van der Waals surface area (Å²) in [5.41, 5.74) is 0.542. The SMILES string of the molecule is Cc1cc([N+](=O)[O-])ccc1Oc1ccc(C(=O)OC(C)(C)C)cc1. The molecule has 0 aliphatic carbocycles. The van der Waals surface area contributed by atoms with Gasteiger partial charge in [0.05, 0.1) is 10.5 Å². The van der Waals surface area contributed by atoms with E-state index in [1.807, 2.05) is 0 Å². The molecular weight excluding hydrogens is 310 g/mol. The smallest absolute Gasteiger partial charge is 0.338 e. The molecule has 0 N–H and O–H groups in total. The van der Waals surface area contributed by atoms with E-state index in [1.54, 1.807) is 58.0 Å². The fourth-order valence-corrected chi connectivity index (χ4v) is 1.98. The summed E-state index contributed by atoms with van der Waals surface area (Å²) in [7, 11) is 0. The number of ether oxygens (including phenoxy) is 2. The van der Waals surface area contributed by atoms with Crippen molar-refractivity contribution in [3.63, 3.8) is 0 Å². The lowest BCUT2D eigenvalue weighted by Crippen LogP contribution is -2.23. The molecule has 0 amide bonds. The Balaban J connectivity index is 2.12. The summed E-state index contributed by atoms with van der Waals surface area (Å²) >= 11 is 0. The monoisotopic (exact) mass is 329 g/mol. The predicted molar refractivity (Wildman–Crippen MR) is 89.5 cm³/mol. The normalized spacial score (nSPS) is 11.0. The lowest BCUT2D eigenvalue weighted by atomic mass is 10.1. The molecular formula is C18H19NO5. The first-order valence-corrected chi connectivity index (χ1v) is 7.42. The van der Waals surface area contributed by atoms with Gasteiger partial charge < -0.3 is 9.47 Å². The van der Waals surface area contributed by atoms with E-state index < -0.39 is 16.5 Å². The topological polar surface area (TPSA) is 78.7 Å². The predicted octanol–water partition coefficient (Wildman–Crippen LogP) is 4.65. The Labute approximate surface area is 140 Å². The number of carbonyl (C=O) groups excluding carboxylic acids is 1. The Bertz CT molecular complexity index is 760. The minimum atomic E-state index is -0.553. The maximum absolute atomic E-state index is 12.0. The Morgan fingerprint density at radius 1 is 1.08 bits per heavy atom. The van der Waals surface area contributed by atoms with E-state index in [9.17, 15) is 14.9 Å². The van der Waals surface area contributed by atoms with Crippen LogP contribution in [0.15, 0.2) is 42.5 Å². The van der Waals surface area contributed by atoms with Crippen molar-refractivity contribution >= 4 is 11.7 Å². The molecule has 0 radical (unpaired) electrons. The van der Waals surface area contributed by atoms with E-state index in [1.165, 1.54) is 12.1 Å². The van der Waals surface area contributed by atoms with Crippen molar-refractivity contribution in [2.75, 3.05) is 0 Å². The number of nitro groups is 1. The third-order valence-electron chi connectivity index (χ3n) is 3.09. The van der Waals surface area contributed by atoms with E-state index in [0.717, 1.165) is 0 Å². The van der Waals surface area contributed by atoms with Crippen LogP contribution < -0.4 is 4.74 Å². The molecule has 0 aliphatic heterocycles. The first-order valence-electron chi connectivity index (χ1n) is 7.42. The molecule has 0 saturated heterocycles. The summed E-state index contributed by atoms with van der Waals surface area (Å²) in [6.45, 7) is 7.15. The summed E-state index contributed by atoms with van der Waals surface area (Å²) < 4.78 is 11.0. The van der Waals surface area contributed by atoms with E-state index in [2.05, 4.69) is 0 Å². The number of non-ortho nitro benzene ring substituents is 1. The molecule has 0 aliphatic rings. The molecule has 24 heavy (non-hydrogen) atoms. The van der Waals surface area contributed by atoms with Crippen molar-refractivity contribution in [3.8, 4) is 11.5 Å². The third-order valence-corrected chi connectivity index (χ3v) is 3.09. The highest BCUT2D eigenvalue weighted by Gasteiger charge is 2.18. The Morgan fingerprint density at radius 2 is 1.71 bits per heavy atom. The Morgan fingerprint density at radius 3 is 2.21 bits per heavy atom. The average Bonchev–Trinajstić information content (AvgIpc) is 2.48. The van der Waals surface area contributed by atoms with Gasteiger partial charge in [0.2, 0.25) is 0 Å². The Kier molecular flexibility index (Phi) is 4.87. The molecule has 2 aromatic carbocycles. The van der Waals surface area contributed by atoms with Crippen molar-refractivity contribution in [3.05, 3.63) is 63.7 Å². The maximum Gasteiger partial charge on any atom is 0.338 e. The molecule has 0 saturated carbocycles. The second kappa shape index (κ2) is 6.70. The zero-order chi connectivity index (χ0) is 17.9. The van der Waals surface area contributed by atoms with Crippen LogP contribution in [-0.2, 0) is 4.74 Å². The van der Waals surface area contributed by atoms with Crippen LogP contribution in [0.4, 0.5) is 5.69 Å². The number of nitrogens with zero attached hydrogens (tertiary/aromatic N) is 1. The lowest BCUT2D eigenvalue weighted by Gasteiger charge is -2.19. The molecule has 2 aromatic rings. The number of carbonyl (C=O) groups is 1. The molecule has 0 unspecified atom stereocenters. The zero-order valence-electron chi connectivity index (χ0n) is 14.0. The fraction of sp³-hybridized carbons (Fsp3) is 0.278. The molecule has 0 atom stereocenters. The van der Waals surface area contributed by atoms with Crippen molar-refractivity contribution in [1.29, 1.82) is 0 Å². The van der Waals surface area contributed by atoms with E-state index in [0.29, 0.717) is 22.6 Å². The summed E-state index contributed by atoms with van der Waals surface area (Å²) in [4.78, 5) is 22.3. The van der Waals surface area contributed by atoms with Crippen LogP contribution in [0.5, 0.6) is 11.5 Å². The quantitative estimate of drug-likeness (QED) is 0.463. The largest absolute Gasteiger partial charge is 0.457 e. The second-order valence-electron chi connectivity index (χ2n) is 6.34. The number of rotatable bonds is 4. The van der Waals surface area contributed by atoms with E-state index in [-0.39, 0.29) is 5.69 Å². The van der Waals surface area contributed by atoms with Gasteiger partial charge in [0.1, 0.15) is 17.1 Å². The van der Waals surface area contributed by atoms with Crippen LogP contribution in [0.1, 0.15) is 36.7 Å². The molecule has 6 nitrogen and oxygen atoms in total. The molecule has 0 fully saturated rings. The van der Waals surface area contributed by atoms with Gasteiger partial charge in [-0.25, -0.2) is 4.79 Å². The van der Waals surface area contributed by atoms with Crippen LogP contribution in [0.3, 0.4) is 0 Å². The van der Waals surface area contributed by atoms with Crippen molar-refractivity contribution in [2.24, 2.45) is 0 Å². The van der Waals surface area contributed by atoms with E-state index >= 15 is 0 Å². The number of hydrogen-bond acceptors (Lipinski definition) is 5. The van der Waals surface area contributed by atoms with Crippen LogP contribution in [0, 0.1) is 17.0 Å². The van der Waals surface area contributed by atoms with Crippen LogP contribution in [0.25, 0.3) is 0 Å². The van der Waals surface area contributed by atoms with Gasteiger partial charge in [0.25, 0.3) is 5.69 Å². The average molecular weight is 329 g/mol. The number of esters is 1. The van der Waals surface area contributed by atoms with Gasteiger partial charge in [-0.1, -0.05) is 0 Å². The minimum absolute atomic E-state index is 0.0140. The van der Waals surface area contributed by atoms with E-state index in [4.69, 9.17) is 9.47 Å². The Hall–Kier alpha value is -2.89. The van der Waals surface area contributed by atoms with Crippen molar-refractivity contribution in [1.82, 2.24) is 0 Å². The summed E-state index contributed by atoms with van der Waals surface area (Å²) in [5, 5.41) is 10.7. The second-order valence-corrected chi connectivity index (χ2v) is 6.34. The molecule has 126 valence electrons. The minimum Gasteiger partial charge on any atom is -0.457 e. The summed E-state index contributed by atoms with van der Waals surface area (Å²) in [6, 6.07) is 10.9. The third kappa shape index (κ3) is 4.55. The summed E-state index contributed by atoms with van der Waals surface area (Å²) in [6.07, 6.45) is 0. The molecule has 2 rings (SSSR count). The fourth-order valence-electron chi connectivity index (χ4n) is 1.98. The summed E-state index contributed by atoms with van der Waals surface area (Å²) in [5.74, 6) is 0.644. The zero-order valence-corrected chi connectivity index (χ0v) is 14.0. The highest BCUT2D eigenvalue weighted by atomic mass is 16.6. The van der Waals surface area contributed by atoms with Crippen LogP contribution >= 0.6 is 0 Å². The standard InChI is InChI=1S/C18H19NO5/c1-12-11-14(19(21)22)7-10-16(12)23-15-8-5-13(6-9-15)17(20)24-18(2,3)4/h5-11H,1-4H3. The number of hydrogen-bond donors (Lipinski definition) is 0. The highest BCUT2D eigenvalue weighted by molar-refractivity contribution is 5.89. The first-order chi connectivity index (χ1) is 11.2. The van der Waals surface area contributed by atoms with Gasteiger partial charge in [0, 0.05) is 12.1 Å².